The van der Waals surface area contributed by atoms with Crippen LogP contribution in [-0.2, 0) is 16.1 Å². The number of aryl methyl sites for hydroxylation is 2. The molecule has 0 bridgehead atoms. The summed E-state index contributed by atoms with van der Waals surface area (Å²) in [6, 6.07) is 13.7. The molecule has 37 heavy (non-hydrogen) atoms. The molecule has 1 fully saturated rings. The van der Waals surface area contributed by atoms with Crippen molar-refractivity contribution in [2.75, 3.05) is 12.4 Å². The van der Waals surface area contributed by atoms with E-state index in [4.69, 9.17) is 14.7 Å². The van der Waals surface area contributed by atoms with Crippen molar-refractivity contribution < 1.29 is 19.7 Å². The lowest BCUT2D eigenvalue weighted by atomic mass is 10.1. The van der Waals surface area contributed by atoms with Gasteiger partial charge in [-0.1, -0.05) is 30.3 Å². The molecule has 0 unspecified atom stereocenters. The van der Waals surface area contributed by atoms with E-state index in [2.05, 4.69) is 20.6 Å². The van der Waals surface area contributed by atoms with Gasteiger partial charge in [0.2, 0.25) is 5.91 Å². The van der Waals surface area contributed by atoms with Crippen LogP contribution >= 0.6 is 0 Å². The van der Waals surface area contributed by atoms with E-state index >= 15 is 0 Å². The maximum atomic E-state index is 11.9. The summed E-state index contributed by atoms with van der Waals surface area (Å²) in [5, 5.41) is 27.2. The van der Waals surface area contributed by atoms with Crippen LogP contribution in [0.3, 0.4) is 0 Å². The first-order valence-electron chi connectivity index (χ1n) is 12.0. The number of carbonyl (C=O) groups is 1. The Morgan fingerprint density at radius 1 is 1.05 bits per heavy atom. The van der Waals surface area contributed by atoms with Crippen molar-refractivity contribution in [3.8, 4) is 11.4 Å². The van der Waals surface area contributed by atoms with Crippen LogP contribution in [0.1, 0.15) is 29.6 Å². The van der Waals surface area contributed by atoms with Gasteiger partial charge in [-0.3, -0.25) is 14.3 Å². The highest BCUT2D eigenvalue weighted by atomic mass is 16.6. The Hall–Kier alpha value is -3.93. The Morgan fingerprint density at radius 3 is 2.57 bits per heavy atom. The number of aliphatic hydroxyl groups is 2. The van der Waals surface area contributed by atoms with Crippen LogP contribution in [0.5, 0.6) is 0 Å². The molecule has 3 aromatic heterocycles. The normalized spacial score (nSPS) is 21.3. The van der Waals surface area contributed by atoms with Gasteiger partial charge in [0.05, 0.1) is 18.9 Å². The number of imidazole rings is 1. The highest BCUT2D eigenvalue weighted by molar-refractivity contribution is 5.85. The number of ether oxygens (including phenoxy) is 1. The minimum atomic E-state index is -1.28. The molecule has 1 aliphatic rings. The maximum Gasteiger partial charge on any atom is 0.222 e. The molecule has 4 aromatic rings. The van der Waals surface area contributed by atoms with E-state index in [1.165, 1.54) is 13.4 Å². The van der Waals surface area contributed by atoms with Crippen molar-refractivity contribution in [1.82, 2.24) is 29.8 Å². The van der Waals surface area contributed by atoms with E-state index in [1.54, 1.807) is 4.57 Å². The van der Waals surface area contributed by atoms with Gasteiger partial charge in [0.1, 0.15) is 12.2 Å². The van der Waals surface area contributed by atoms with Crippen LogP contribution in [0.15, 0.2) is 48.8 Å². The van der Waals surface area contributed by atoms with Crippen LogP contribution in [0.25, 0.3) is 22.6 Å². The second-order valence-electron chi connectivity index (χ2n) is 9.07. The number of carbonyl (C=O) groups excluding carboxylic acids is 1. The number of rotatable bonds is 7. The van der Waals surface area contributed by atoms with Crippen LogP contribution in [0.2, 0.25) is 0 Å². The second-order valence-corrected chi connectivity index (χ2v) is 9.07. The van der Waals surface area contributed by atoms with Crippen molar-refractivity contribution in [2.24, 2.45) is 0 Å². The molecule has 4 atom stereocenters. The first-order chi connectivity index (χ1) is 17.9. The van der Waals surface area contributed by atoms with E-state index in [0.717, 1.165) is 22.5 Å². The summed E-state index contributed by atoms with van der Waals surface area (Å²) in [4.78, 5) is 30.5. The quantitative estimate of drug-likeness (QED) is 0.297. The van der Waals surface area contributed by atoms with Gasteiger partial charge in [0, 0.05) is 30.5 Å². The topological polar surface area (TPSA) is 147 Å². The van der Waals surface area contributed by atoms with Crippen molar-refractivity contribution in [1.29, 1.82) is 0 Å². The fourth-order valence-electron chi connectivity index (χ4n) is 4.46. The summed E-state index contributed by atoms with van der Waals surface area (Å²) in [5.41, 5.74) is 4.38. The maximum absolute atomic E-state index is 11.9. The number of pyridine rings is 1. The first-order valence-corrected chi connectivity index (χ1v) is 12.0. The summed E-state index contributed by atoms with van der Waals surface area (Å²) >= 11 is 0. The number of nitrogens with zero attached hydrogens (tertiary/aromatic N) is 5. The second kappa shape index (κ2) is 10.2. The fourth-order valence-corrected chi connectivity index (χ4v) is 4.46. The third kappa shape index (κ3) is 4.88. The zero-order chi connectivity index (χ0) is 26.1. The Balaban J connectivity index is 1.57. The molecule has 1 saturated heterocycles. The van der Waals surface area contributed by atoms with Gasteiger partial charge in [-0.15, -0.1) is 0 Å². The van der Waals surface area contributed by atoms with Crippen LogP contribution in [-0.4, -0.2) is 66.0 Å². The average Bonchev–Trinajstić information content (AvgIpc) is 3.44. The number of fused-ring (bicyclic) bond motifs is 1. The van der Waals surface area contributed by atoms with Crippen molar-refractivity contribution >= 4 is 22.9 Å². The van der Waals surface area contributed by atoms with E-state index in [-0.39, 0.29) is 12.3 Å². The fraction of sp³-hybridized carbons (Fsp3) is 0.346. The molecule has 0 radical (unpaired) electrons. The highest BCUT2D eigenvalue weighted by Crippen LogP contribution is 2.34. The predicted octanol–water partition coefficient (Wildman–Crippen LogP) is 1.87. The molecule has 0 saturated carbocycles. The number of nitrogens with one attached hydrogen (secondary N) is 2. The summed E-state index contributed by atoms with van der Waals surface area (Å²) in [7, 11) is 1.51. The van der Waals surface area contributed by atoms with E-state index in [1.807, 2.05) is 56.3 Å². The average molecular weight is 504 g/mol. The highest BCUT2D eigenvalue weighted by Gasteiger charge is 2.45. The van der Waals surface area contributed by atoms with Gasteiger partial charge in [-0.2, -0.15) is 0 Å². The molecule has 4 N–H and O–H groups in total. The zero-order valence-electron chi connectivity index (χ0n) is 20.8. The Morgan fingerprint density at radius 2 is 1.84 bits per heavy atom. The minimum absolute atomic E-state index is 0.0871. The van der Waals surface area contributed by atoms with Crippen molar-refractivity contribution in [3.63, 3.8) is 0 Å². The third-order valence-corrected chi connectivity index (χ3v) is 6.47. The van der Waals surface area contributed by atoms with Gasteiger partial charge in [-0.05, 0) is 31.5 Å². The summed E-state index contributed by atoms with van der Waals surface area (Å²) in [5.74, 6) is 0.647. The zero-order valence-corrected chi connectivity index (χ0v) is 20.8. The monoisotopic (exact) mass is 503 g/mol. The number of aliphatic hydroxyl groups excluding tert-OH is 2. The molecule has 0 aliphatic carbocycles. The largest absolute Gasteiger partial charge is 0.388 e. The van der Waals surface area contributed by atoms with E-state index < -0.39 is 24.5 Å². The van der Waals surface area contributed by atoms with E-state index in [9.17, 15) is 15.0 Å². The van der Waals surface area contributed by atoms with Gasteiger partial charge >= 0.3 is 0 Å². The number of hydrogen-bond donors (Lipinski definition) is 4. The number of benzene rings is 1. The number of amides is 1. The predicted molar refractivity (Wildman–Crippen MR) is 136 cm³/mol. The molecule has 11 heteroatoms. The molecule has 4 heterocycles. The van der Waals surface area contributed by atoms with Gasteiger partial charge in [0.15, 0.2) is 29.0 Å². The van der Waals surface area contributed by atoms with E-state index in [0.29, 0.717) is 29.4 Å². The molecule has 11 nitrogen and oxygen atoms in total. The molecule has 192 valence electrons. The number of hydrogen-bond acceptors (Lipinski definition) is 9. The summed E-state index contributed by atoms with van der Waals surface area (Å²) < 4.78 is 7.51. The molecular weight excluding hydrogens is 474 g/mol. The SMILES string of the molecule is CNC(=O)C[C@@H]1O[C@@H](n2cnc3c(NCc4ccccc4)nc(-c4ccc(C)nc4C)nc32)[C@H](O)[C@@H]1O. The summed E-state index contributed by atoms with van der Waals surface area (Å²) in [6.07, 6.45) is -2.99. The summed E-state index contributed by atoms with van der Waals surface area (Å²) in [6.45, 7) is 4.33. The Labute approximate surface area is 213 Å². The molecule has 5 rings (SSSR count). The lowest BCUT2D eigenvalue weighted by Crippen LogP contribution is -2.34. The lowest BCUT2D eigenvalue weighted by molar-refractivity contribution is -0.125. The molecule has 1 aromatic carbocycles. The van der Waals surface area contributed by atoms with Crippen molar-refractivity contribution in [3.05, 3.63) is 65.7 Å². The lowest BCUT2D eigenvalue weighted by Gasteiger charge is -2.17. The van der Waals surface area contributed by atoms with Gasteiger partial charge in [-0.25, -0.2) is 15.0 Å². The van der Waals surface area contributed by atoms with Crippen LogP contribution in [0.4, 0.5) is 5.82 Å². The molecule has 1 amide bonds. The molecule has 1 aliphatic heterocycles. The minimum Gasteiger partial charge on any atom is -0.388 e. The third-order valence-electron chi connectivity index (χ3n) is 6.47. The first kappa shape index (κ1) is 24.8. The van der Waals surface area contributed by atoms with Gasteiger partial charge in [0.25, 0.3) is 0 Å². The molecular formula is C26H29N7O4. The van der Waals surface area contributed by atoms with Crippen LogP contribution < -0.4 is 10.6 Å². The Bertz CT molecular complexity index is 1430. The van der Waals surface area contributed by atoms with Crippen LogP contribution in [0, 0.1) is 13.8 Å². The standard InChI is InChI=1S/C26H29N7O4/c1-14-9-10-17(15(2)30-14)23-31-24(28-12-16-7-5-4-6-8-16)20-25(32-23)33(13-29-20)26-22(36)21(35)18(37-26)11-19(34)27-3/h4-10,13,18,21-22,26,35-36H,11-12H2,1-3H3,(H,27,34)(H,28,31,32)/t18-,21+,22+,26+/m0/s1. The molecule has 0 spiro atoms. The van der Waals surface area contributed by atoms with Crippen molar-refractivity contribution in [2.45, 2.75) is 51.4 Å². The van der Waals surface area contributed by atoms with Gasteiger partial charge < -0.3 is 25.6 Å². The number of anilines is 1. The smallest absolute Gasteiger partial charge is 0.222 e. The number of aromatic nitrogens is 5. The Kier molecular flexibility index (Phi) is 6.83.